The Balaban J connectivity index is 1.32. The van der Waals surface area contributed by atoms with E-state index >= 15 is 0 Å². The number of hydrogen-bond donors (Lipinski definition) is 2. The second kappa shape index (κ2) is 13.4. The number of nitrogens with one attached hydrogen (secondary N) is 2. The molecule has 0 aromatic heterocycles. The van der Waals surface area contributed by atoms with Crippen molar-refractivity contribution in [2.24, 2.45) is 15.8 Å². The van der Waals surface area contributed by atoms with Gasteiger partial charge in [-0.2, -0.15) is 0 Å². The number of nitrogens with zero attached hydrogens (tertiary/aromatic N) is 2. The van der Waals surface area contributed by atoms with Crippen molar-refractivity contribution in [3.8, 4) is 5.75 Å². The van der Waals surface area contributed by atoms with Gasteiger partial charge in [-0.3, -0.25) is 9.89 Å². The maximum atomic E-state index is 12.2. The molecule has 0 bridgehead atoms. The minimum Gasteiger partial charge on any atom is -0.497 e. The number of methoxy groups -OCH3 is 1. The second-order valence-electron chi connectivity index (χ2n) is 11.8. The van der Waals surface area contributed by atoms with Gasteiger partial charge < -0.3 is 29.6 Å². The highest BCUT2D eigenvalue weighted by Crippen LogP contribution is 2.48. The Hall–Kier alpha value is -3.30. The molecule has 9 heteroatoms. The van der Waals surface area contributed by atoms with Gasteiger partial charge in [0.25, 0.3) is 0 Å². The van der Waals surface area contributed by atoms with Crippen LogP contribution in [0.25, 0.3) is 0 Å². The van der Waals surface area contributed by atoms with Crippen molar-refractivity contribution in [2.75, 3.05) is 58.4 Å². The number of anilines is 1. The van der Waals surface area contributed by atoms with Crippen molar-refractivity contribution in [2.45, 2.75) is 47.0 Å². The number of rotatable bonds is 11. The lowest BCUT2D eigenvalue weighted by atomic mass is 9.76. The third kappa shape index (κ3) is 8.11. The van der Waals surface area contributed by atoms with Crippen LogP contribution in [0.3, 0.4) is 0 Å². The molecular formula is C31H44N4O5. The molecule has 1 aromatic carbocycles. The molecule has 2 N–H and O–H groups in total. The van der Waals surface area contributed by atoms with E-state index in [0.717, 1.165) is 68.7 Å². The number of allylic oxidation sites excluding steroid dienone is 3. The van der Waals surface area contributed by atoms with Gasteiger partial charge >= 0.3 is 6.03 Å². The zero-order chi connectivity index (χ0) is 28.6. The summed E-state index contributed by atoms with van der Waals surface area (Å²) in [4.78, 5) is 19.3. The number of hydrogen-bond acceptors (Lipinski definition) is 7. The first kappa shape index (κ1) is 29.7. The van der Waals surface area contributed by atoms with Crippen LogP contribution in [0, 0.1) is 10.8 Å². The fraction of sp³-hybridized carbons (Fsp3) is 0.548. The molecule has 0 saturated carbocycles. The third-order valence-electron chi connectivity index (χ3n) is 7.33. The van der Waals surface area contributed by atoms with Gasteiger partial charge in [0.2, 0.25) is 0 Å². The zero-order valence-corrected chi connectivity index (χ0v) is 24.5. The van der Waals surface area contributed by atoms with Gasteiger partial charge in [0.15, 0.2) is 5.76 Å². The smallest absolute Gasteiger partial charge is 0.319 e. The first-order valence-electron chi connectivity index (χ1n) is 14.2. The second-order valence-corrected chi connectivity index (χ2v) is 11.8. The number of benzene rings is 1. The number of morpholine rings is 1. The molecule has 218 valence electrons. The molecule has 0 spiro atoms. The van der Waals surface area contributed by atoms with E-state index in [0.29, 0.717) is 31.0 Å². The lowest BCUT2D eigenvalue weighted by molar-refractivity contribution is 0.0341. The maximum Gasteiger partial charge on any atom is 0.319 e. The quantitative estimate of drug-likeness (QED) is 0.353. The predicted octanol–water partition coefficient (Wildman–Crippen LogP) is 5.48. The first-order chi connectivity index (χ1) is 19.2. The summed E-state index contributed by atoms with van der Waals surface area (Å²) in [5.74, 6) is 2.96. The fourth-order valence-corrected chi connectivity index (χ4v) is 4.82. The molecule has 1 aliphatic carbocycles. The topological polar surface area (TPSA) is 93.7 Å². The highest BCUT2D eigenvalue weighted by atomic mass is 16.5. The molecule has 3 aliphatic rings. The molecule has 1 unspecified atom stereocenters. The number of urea groups is 1. The summed E-state index contributed by atoms with van der Waals surface area (Å²) in [5, 5.41) is 5.78. The molecule has 1 atom stereocenters. The van der Waals surface area contributed by atoms with Gasteiger partial charge in [-0.05, 0) is 55.5 Å². The molecule has 1 aromatic rings. The Morgan fingerprint density at radius 2 is 1.93 bits per heavy atom. The fourth-order valence-electron chi connectivity index (χ4n) is 4.82. The third-order valence-corrected chi connectivity index (χ3v) is 7.33. The van der Waals surface area contributed by atoms with Gasteiger partial charge in [-0.25, -0.2) is 4.79 Å². The summed E-state index contributed by atoms with van der Waals surface area (Å²) < 4.78 is 23.7. The van der Waals surface area contributed by atoms with Crippen molar-refractivity contribution < 1.29 is 23.7 Å². The lowest BCUT2D eigenvalue weighted by Crippen LogP contribution is -2.37. The standard InChI is InChI=1S/C31H44N4O5/c1-30(2,3)12-14-33-29(36)34-23-7-9-24(10-8-23)40-28-11-13-32-27-21-25(26(37-5)22-31(27,28)4)39-18-6-15-35-16-19-38-20-17-35/h7-11,13,21H,6,12,14-20,22H2,1-5H3,(H2,33,34,36). The number of carbonyl (C=O) groups is 1. The van der Waals surface area contributed by atoms with Gasteiger partial charge in [0.1, 0.15) is 17.3 Å². The van der Waals surface area contributed by atoms with E-state index in [9.17, 15) is 4.79 Å². The summed E-state index contributed by atoms with van der Waals surface area (Å²) in [6.07, 6.45) is 8.04. The van der Waals surface area contributed by atoms with Crippen LogP contribution in [-0.2, 0) is 14.2 Å². The number of amides is 2. The Morgan fingerprint density at radius 1 is 1.18 bits per heavy atom. The Bertz CT molecular complexity index is 1140. The molecule has 4 rings (SSSR count). The predicted molar refractivity (Wildman–Crippen MR) is 157 cm³/mol. The monoisotopic (exact) mass is 552 g/mol. The summed E-state index contributed by atoms with van der Waals surface area (Å²) in [6.45, 7) is 14.3. The van der Waals surface area contributed by atoms with Crippen LogP contribution < -0.4 is 15.4 Å². The van der Waals surface area contributed by atoms with Gasteiger partial charge in [0, 0.05) is 50.6 Å². The average molecular weight is 553 g/mol. The molecule has 40 heavy (non-hydrogen) atoms. The maximum absolute atomic E-state index is 12.2. The van der Waals surface area contributed by atoms with Gasteiger partial charge in [0.05, 0.1) is 38.0 Å². The Kier molecular flexibility index (Phi) is 9.92. The number of aliphatic imine (C=N–C) groups is 1. The zero-order valence-electron chi connectivity index (χ0n) is 24.5. The van der Waals surface area contributed by atoms with E-state index < -0.39 is 5.41 Å². The molecule has 9 nitrogen and oxygen atoms in total. The number of carbonyl (C=O) groups excluding carboxylic acids is 1. The highest BCUT2D eigenvalue weighted by Gasteiger charge is 2.42. The summed E-state index contributed by atoms with van der Waals surface area (Å²) in [7, 11) is 1.68. The first-order valence-corrected chi connectivity index (χ1v) is 14.2. The molecule has 0 radical (unpaired) electrons. The van der Waals surface area contributed by atoms with Crippen molar-refractivity contribution in [1.29, 1.82) is 0 Å². The molecule has 1 fully saturated rings. The lowest BCUT2D eigenvalue weighted by Gasteiger charge is -2.37. The largest absolute Gasteiger partial charge is 0.497 e. The van der Waals surface area contributed by atoms with Crippen LogP contribution in [0.2, 0.25) is 0 Å². The molecule has 1 saturated heterocycles. The molecular weight excluding hydrogens is 508 g/mol. The van der Waals surface area contributed by atoms with E-state index in [1.807, 2.05) is 36.4 Å². The van der Waals surface area contributed by atoms with Crippen molar-refractivity contribution in [3.63, 3.8) is 0 Å². The van der Waals surface area contributed by atoms with Gasteiger partial charge in [-0.1, -0.05) is 20.8 Å². The molecule has 2 amide bonds. The molecule has 2 aliphatic heterocycles. The van der Waals surface area contributed by atoms with E-state index in [-0.39, 0.29) is 11.4 Å². The van der Waals surface area contributed by atoms with Crippen LogP contribution in [0.5, 0.6) is 5.75 Å². The minimum absolute atomic E-state index is 0.173. The van der Waals surface area contributed by atoms with E-state index in [4.69, 9.17) is 18.9 Å². The van der Waals surface area contributed by atoms with Crippen molar-refractivity contribution in [3.05, 3.63) is 59.4 Å². The van der Waals surface area contributed by atoms with E-state index in [1.54, 1.807) is 13.3 Å². The van der Waals surface area contributed by atoms with Crippen LogP contribution in [-0.4, -0.2) is 70.3 Å². The van der Waals surface area contributed by atoms with Crippen LogP contribution in [0.1, 0.15) is 47.0 Å². The van der Waals surface area contributed by atoms with Crippen molar-refractivity contribution in [1.82, 2.24) is 10.2 Å². The Labute approximate surface area is 238 Å². The number of ether oxygens (including phenoxy) is 4. The number of fused-ring (bicyclic) bond motifs is 1. The van der Waals surface area contributed by atoms with Crippen molar-refractivity contribution >= 4 is 17.9 Å². The minimum atomic E-state index is -0.495. The van der Waals surface area contributed by atoms with Crippen LogP contribution in [0.15, 0.2) is 64.4 Å². The van der Waals surface area contributed by atoms with E-state index in [1.165, 1.54) is 0 Å². The number of dihydropyridines is 1. The van der Waals surface area contributed by atoms with E-state index in [2.05, 4.69) is 48.2 Å². The van der Waals surface area contributed by atoms with Crippen LogP contribution in [0.4, 0.5) is 10.5 Å². The van der Waals surface area contributed by atoms with Crippen LogP contribution >= 0.6 is 0 Å². The highest BCUT2D eigenvalue weighted by molar-refractivity contribution is 5.89. The normalized spacial score (nSPS) is 21.2. The summed E-state index contributed by atoms with van der Waals surface area (Å²) >= 11 is 0. The summed E-state index contributed by atoms with van der Waals surface area (Å²) in [5.41, 5.74) is 1.25. The summed E-state index contributed by atoms with van der Waals surface area (Å²) in [6, 6.07) is 7.15. The Morgan fingerprint density at radius 3 is 2.62 bits per heavy atom. The van der Waals surface area contributed by atoms with Gasteiger partial charge in [-0.15, -0.1) is 0 Å². The SMILES string of the molecule is COC1=C(OCCCN2CCOCC2)C=C2N=CC=C(Oc3ccc(NC(=O)NCCC(C)(C)C)cc3)C2(C)C1. The molecule has 2 heterocycles. The average Bonchev–Trinajstić information content (AvgIpc) is 2.92.